The lowest BCUT2D eigenvalue weighted by atomic mass is 10.1. The Morgan fingerprint density at radius 1 is 1.05 bits per heavy atom. The number of esters is 1. The van der Waals surface area contributed by atoms with Crippen molar-refractivity contribution in [1.29, 1.82) is 0 Å². The highest BCUT2D eigenvalue weighted by molar-refractivity contribution is 9.10. The summed E-state index contributed by atoms with van der Waals surface area (Å²) in [5, 5.41) is 0. The Morgan fingerprint density at radius 3 is 2.45 bits per heavy atom. The molecule has 0 spiro atoms. The van der Waals surface area contributed by atoms with E-state index in [9.17, 15) is 9.59 Å². The summed E-state index contributed by atoms with van der Waals surface area (Å²) in [6, 6.07) is 16.6. The van der Waals surface area contributed by atoms with Crippen LogP contribution in [0.2, 0.25) is 0 Å². The summed E-state index contributed by atoms with van der Waals surface area (Å²) in [5.41, 5.74) is 1.51. The number of rotatable bonds is 6. The second-order valence-electron chi connectivity index (χ2n) is 4.68. The molecule has 2 aromatic rings. The largest absolute Gasteiger partial charge is 0.457 e. The first-order valence-electron chi connectivity index (χ1n) is 6.69. The highest BCUT2D eigenvalue weighted by Gasteiger charge is 2.15. The molecule has 0 saturated carbocycles. The number of halogens is 2. The van der Waals surface area contributed by atoms with Gasteiger partial charge in [-0.1, -0.05) is 74.3 Å². The second-order valence-corrected chi connectivity index (χ2v) is 6.70. The molecule has 1 atom stereocenters. The van der Waals surface area contributed by atoms with Crippen LogP contribution in [0.3, 0.4) is 0 Å². The fraction of sp³-hybridized carbons (Fsp3) is 0.176. The van der Waals surface area contributed by atoms with Crippen LogP contribution in [0.25, 0.3) is 0 Å². The van der Waals surface area contributed by atoms with Gasteiger partial charge in [-0.3, -0.25) is 9.59 Å². The number of Topliss-reactive ketones (excluding diaryl/α,β-unsaturated/α-hetero) is 1. The molecule has 0 aliphatic heterocycles. The molecule has 0 aliphatic carbocycles. The molecule has 0 amide bonds. The Morgan fingerprint density at radius 2 is 1.77 bits per heavy atom. The maximum absolute atomic E-state index is 11.9. The fourth-order valence-electron chi connectivity index (χ4n) is 1.88. The Kier molecular flexibility index (Phi) is 6.34. The van der Waals surface area contributed by atoms with Crippen LogP contribution in [0, 0.1) is 0 Å². The molecule has 0 N–H and O–H groups in total. The van der Waals surface area contributed by atoms with Crippen LogP contribution in [0.4, 0.5) is 0 Å². The predicted octanol–water partition coefficient (Wildman–Crippen LogP) is 4.70. The molecule has 0 aliphatic rings. The third-order valence-corrected chi connectivity index (χ3v) is 4.36. The van der Waals surface area contributed by atoms with Crippen molar-refractivity contribution < 1.29 is 14.3 Å². The summed E-state index contributed by atoms with van der Waals surface area (Å²) in [6.45, 7) is -0.246. The molecule has 22 heavy (non-hydrogen) atoms. The van der Waals surface area contributed by atoms with Crippen molar-refractivity contribution in [2.45, 2.75) is 11.2 Å². The molecule has 0 saturated heterocycles. The topological polar surface area (TPSA) is 43.4 Å². The predicted molar refractivity (Wildman–Crippen MR) is 92.2 cm³/mol. The molecule has 2 aromatic carbocycles. The van der Waals surface area contributed by atoms with Crippen molar-refractivity contribution in [2.75, 3.05) is 6.61 Å². The molecule has 0 radical (unpaired) electrons. The number of hydrogen-bond donors (Lipinski definition) is 0. The summed E-state index contributed by atoms with van der Waals surface area (Å²) in [5.74, 6) is -0.630. The van der Waals surface area contributed by atoms with Gasteiger partial charge in [-0.15, -0.1) is 0 Å². The average molecular weight is 426 g/mol. The van der Waals surface area contributed by atoms with Gasteiger partial charge in [0.2, 0.25) is 0 Å². The van der Waals surface area contributed by atoms with Crippen molar-refractivity contribution in [2.24, 2.45) is 0 Å². The van der Waals surface area contributed by atoms with E-state index in [0.717, 1.165) is 10.0 Å². The first-order valence-corrected chi connectivity index (χ1v) is 8.40. The van der Waals surface area contributed by atoms with Gasteiger partial charge in [0.05, 0.1) is 6.42 Å². The average Bonchev–Trinajstić information content (AvgIpc) is 2.53. The molecule has 2 rings (SSSR count). The van der Waals surface area contributed by atoms with Crippen molar-refractivity contribution in [1.82, 2.24) is 0 Å². The zero-order valence-electron chi connectivity index (χ0n) is 11.7. The molecular weight excluding hydrogens is 412 g/mol. The summed E-state index contributed by atoms with van der Waals surface area (Å²) < 4.78 is 5.87. The molecule has 0 aromatic heterocycles. The van der Waals surface area contributed by atoms with E-state index in [1.165, 1.54) is 0 Å². The van der Waals surface area contributed by atoms with Crippen LogP contribution in [0.1, 0.15) is 27.2 Å². The summed E-state index contributed by atoms with van der Waals surface area (Å²) >= 11 is 6.76. The van der Waals surface area contributed by atoms with Crippen molar-refractivity contribution >= 4 is 43.6 Å². The van der Waals surface area contributed by atoms with E-state index in [2.05, 4.69) is 31.9 Å². The van der Waals surface area contributed by atoms with Crippen molar-refractivity contribution in [3.05, 3.63) is 70.2 Å². The first kappa shape index (κ1) is 16.9. The lowest BCUT2D eigenvalue weighted by Gasteiger charge is -2.10. The van der Waals surface area contributed by atoms with E-state index in [1.807, 2.05) is 36.4 Å². The number of alkyl halides is 1. The number of carbonyl (C=O) groups excluding carboxylic acids is 2. The normalized spacial score (nSPS) is 11.7. The second kappa shape index (κ2) is 8.25. The standard InChI is InChI=1S/C17H14Br2O3/c18-14-8-4-7-13(9-14)16(20)11-22-17(21)10-15(19)12-5-2-1-3-6-12/h1-9,15H,10-11H2. The van der Waals surface area contributed by atoms with Gasteiger partial charge >= 0.3 is 5.97 Å². The van der Waals surface area contributed by atoms with Crippen LogP contribution in [-0.2, 0) is 9.53 Å². The first-order chi connectivity index (χ1) is 10.6. The highest BCUT2D eigenvalue weighted by atomic mass is 79.9. The number of ketones is 1. The molecule has 0 heterocycles. The van der Waals surface area contributed by atoms with Gasteiger partial charge in [-0.2, -0.15) is 0 Å². The smallest absolute Gasteiger partial charge is 0.307 e. The van der Waals surface area contributed by atoms with Gasteiger partial charge in [0.1, 0.15) is 0 Å². The minimum atomic E-state index is -0.408. The van der Waals surface area contributed by atoms with Gasteiger partial charge in [0.25, 0.3) is 0 Å². The van der Waals surface area contributed by atoms with E-state index in [4.69, 9.17) is 4.74 Å². The zero-order chi connectivity index (χ0) is 15.9. The number of hydrogen-bond acceptors (Lipinski definition) is 3. The zero-order valence-corrected chi connectivity index (χ0v) is 14.8. The molecule has 114 valence electrons. The van der Waals surface area contributed by atoms with Crippen LogP contribution >= 0.6 is 31.9 Å². The monoisotopic (exact) mass is 424 g/mol. The van der Waals surface area contributed by atoms with E-state index in [1.54, 1.807) is 18.2 Å². The Hall–Kier alpha value is -1.46. The van der Waals surface area contributed by atoms with Gasteiger partial charge in [-0.05, 0) is 17.7 Å². The third kappa shape index (κ3) is 5.07. The van der Waals surface area contributed by atoms with E-state index in [0.29, 0.717) is 5.56 Å². The summed E-state index contributed by atoms with van der Waals surface area (Å²) in [6.07, 6.45) is 0.176. The number of benzene rings is 2. The quantitative estimate of drug-likeness (QED) is 0.382. The maximum Gasteiger partial charge on any atom is 0.307 e. The molecule has 3 nitrogen and oxygen atoms in total. The number of carbonyl (C=O) groups is 2. The van der Waals surface area contributed by atoms with Crippen LogP contribution in [-0.4, -0.2) is 18.4 Å². The SMILES string of the molecule is O=C(CC(Br)c1ccccc1)OCC(=O)c1cccc(Br)c1. The van der Waals surface area contributed by atoms with E-state index in [-0.39, 0.29) is 23.6 Å². The molecule has 0 bridgehead atoms. The van der Waals surface area contributed by atoms with Crippen LogP contribution < -0.4 is 0 Å². The Labute approximate surface area is 145 Å². The maximum atomic E-state index is 11.9. The van der Waals surface area contributed by atoms with Gasteiger partial charge in [0.15, 0.2) is 12.4 Å². The lowest BCUT2D eigenvalue weighted by Crippen LogP contribution is -2.15. The lowest BCUT2D eigenvalue weighted by molar-refractivity contribution is -0.142. The van der Waals surface area contributed by atoms with Gasteiger partial charge in [0, 0.05) is 14.9 Å². The van der Waals surface area contributed by atoms with Gasteiger partial charge in [-0.25, -0.2) is 0 Å². The number of ether oxygens (including phenoxy) is 1. The van der Waals surface area contributed by atoms with Crippen LogP contribution in [0.15, 0.2) is 59.1 Å². The highest BCUT2D eigenvalue weighted by Crippen LogP contribution is 2.26. The Balaban J connectivity index is 1.84. The molecular formula is C17H14Br2O3. The summed E-state index contributed by atoms with van der Waals surface area (Å²) in [7, 11) is 0. The minimum Gasteiger partial charge on any atom is -0.457 e. The van der Waals surface area contributed by atoms with E-state index >= 15 is 0 Å². The third-order valence-electron chi connectivity index (χ3n) is 3.02. The summed E-state index contributed by atoms with van der Waals surface area (Å²) in [4.78, 5) is 23.6. The van der Waals surface area contributed by atoms with Crippen LogP contribution in [0.5, 0.6) is 0 Å². The molecule has 0 fully saturated rings. The van der Waals surface area contributed by atoms with Crippen molar-refractivity contribution in [3.8, 4) is 0 Å². The molecule has 1 unspecified atom stereocenters. The minimum absolute atomic E-state index is 0.123. The van der Waals surface area contributed by atoms with Gasteiger partial charge < -0.3 is 4.74 Å². The van der Waals surface area contributed by atoms with E-state index < -0.39 is 5.97 Å². The molecule has 5 heteroatoms. The Bertz CT molecular complexity index is 656. The van der Waals surface area contributed by atoms with Crippen molar-refractivity contribution in [3.63, 3.8) is 0 Å². The fourth-order valence-corrected chi connectivity index (χ4v) is 2.85.